The normalized spacial score (nSPS) is 12.1. The first-order chi connectivity index (χ1) is 11.7. The van der Waals surface area contributed by atoms with Crippen LogP contribution < -0.4 is 11.1 Å². The molecule has 0 aliphatic heterocycles. The van der Waals surface area contributed by atoms with Crippen LogP contribution in [0.4, 0.5) is 8.78 Å². The lowest BCUT2D eigenvalue weighted by molar-refractivity contribution is -0.130. The van der Waals surface area contributed by atoms with Gasteiger partial charge in [-0.05, 0) is 30.9 Å². The summed E-state index contributed by atoms with van der Waals surface area (Å²) in [4.78, 5) is 25.4. The van der Waals surface area contributed by atoms with Gasteiger partial charge in [0.1, 0.15) is 11.6 Å². The van der Waals surface area contributed by atoms with Crippen LogP contribution in [-0.2, 0) is 4.79 Å². The van der Waals surface area contributed by atoms with Crippen molar-refractivity contribution in [3.8, 4) is 0 Å². The summed E-state index contributed by atoms with van der Waals surface area (Å²) in [6, 6.07) is 2.84. The zero-order valence-electron chi connectivity index (χ0n) is 15.0. The Kier molecular flexibility index (Phi) is 8.48. The number of nitrogens with one attached hydrogen (secondary N) is 1. The molecule has 1 unspecified atom stereocenters. The quantitative estimate of drug-likeness (QED) is 0.668. The van der Waals surface area contributed by atoms with Crippen molar-refractivity contribution in [2.75, 3.05) is 20.1 Å². The Labute approximate surface area is 147 Å². The monoisotopic (exact) mass is 355 g/mol. The second kappa shape index (κ2) is 10.1. The van der Waals surface area contributed by atoms with Crippen LogP contribution in [0.1, 0.15) is 43.5 Å². The Morgan fingerprint density at radius 2 is 1.96 bits per heavy atom. The summed E-state index contributed by atoms with van der Waals surface area (Å²) in [6.45, 7) is 4.91. The highest BCUT2D eigenvalue weighted by atomic mass is 19.1. The van der Waals surface area contributed by atoms with E-state index in [2.05, 4.69) is 5.32 Å². The number of amides is 2. The minimum absolute atomic E-state index is 0.0295. The van der Waals surface area contributed by atoms with Gasteiger partial charge in [0.25, 0.3) is 5.91 Å². The maximum absolute atomic E-state index is 13.5. The Balaban J connectivity index is 2.30. The number of rotatable bonds is 9. The molecule has 0 heterocycles. The van der Waals surface area contributed by atoms with E-state index < -0.39 is 17.5 Å². The molecule has 0 radical (unpaired) electrons. The van der Waals surface area contributed by atoms with Gasteiger partial charge in [-0.1, -0.05) is 13.8 Å². The molecular weight excluding hydrogens is 328 g/mol. The number of carbonyl (C=O) groups is 2. The van der Waals surface area contributed by atoms with Crippen LogP contribution in [0.2, 0.25) is 0 Å². The Hall–Kier alpha value is -2.02. The summed E-state index contributed by atoms with van der Waals surface area (Å²) in [5.41, 5.74) is 5.74. The average Bonchev–Trinajstić information content (AvgIpc) is 2.55. The third-order valence-electron chi connectivity index (χ3n) is 4.11. The van der Waals surface area contributed by atoms with E-state index in [0.29, 0.717) is 24.9 Å². The lowest BCUT2D eigenvalue weighted by atomic mass is 10.0. The summed E-state index contributed by atoms with van der Waals surface area (Å²) in [6.07, 6.45) is 1.45. The number of carbonyl (C=O) groups excluding carboxylic acids is 2. The summed E-state index contributed by atoms with van der Waals surface area (Å²) in [7, 11) is 1.72. The van der Waals surface area contributed by atoms with Gasteiger partial charge in [-0.3, -0.25) is 9.59 Å². The van der Waals surface area contributed by atoms with Crippen LogP contribution in [0.5, 0.6) is 0 Å². The van der Waals surface area contributed by atoms with Crippen LogP contribution >= 0.6 is 0 Å². The van der Waals surface area contributed by atoms with Crippen LogP contribution in [0.25, 0.3) is 0 Å². The molecule has 1 aromatic carbocycles. The number of hydrogen-bond donors (Lipinski definition) is 2. The standard InChI is InChI=1S/C18H27F2N3O2/c1-12(2)16(21)8-10-23(3)17(24)5-4-9-22-18(25)14-7-6-13(19)11-15(14)20/h6-7,11-12,16H,4-5,8-10,21H2,1-3H3,(H,22,25). The molecule has 0 bridgehead atoms. The van der Waals surface area contributed by atoms with E-state index in [4.69, 9.17) is 5.73 Å². The molecular formula is C18H27F2N3O2. The van der Waals surface area contributed by atoms with Gasteiger partial charge < -0.3 is 16.0 Å². The molecule has 2 amide bonds. The van der Waals surface area contributed by atoms with Crippen LogP contribution in [0.15, 0.2) is 18.2 Å². The Bertz CT molecular complexity index is 594. The van der Waals surface area contributed by atoms with Gasteiger partial charge in [-0.15, -0.1) is 0 Å². The lowest BCUT2D eigenvalue weighted by Crippen LogP contribution is -2.35. The van der Waals surface area contributed by atoms with Gasteiger partial charge in [-0.25, -0.2) is 8.78 Å². The number of nitrogens with zero attached hydrogens (tertiary/aromatic N) is 1. The third-order valence-corrected chi connectivity index (χ3v) is 4.11. The van der Waals surface area contributed by atoms with Crippen molar-refractivity contribution in [1.82, 2.24) is 10.2 Å². The van der Waals surface area contributed by atoms with Crippen molar-refractivity contribution in [1.29, 1.82) is 0 Å². The number of hydrogen-bond acceptors (Lipinski definition) is 3. The van der Waals surface area contributed by atoms with E-state index in [1.165, 1.54) is 0 Å². The molecule has 0 saturated heterocycles. The molecule has 0 saturated carbocycles. The smallest absolute Gasteiger partial charge is 0.254 e. The molecule has 0 aliphatic carbocycles. The third kappa shape index (κ3) is 7.17. The molecule has 140 valence electrons. The molecule has 25 heavy (non-hydrogen) atoms. The van der Waals surface area contributed by atoms with Crippen LogP contribution in [-0.4, -0.2) is 42.9 Å². The van der Waals surface area contributed by atoms with Crippen molar-refractivity contribution >= 4 is 11.8 Å². The zero-order chi connectivity index (χ0) is 19.0. The highest BCUT2D eigenvalue weighted by molar-refractivity contribution is 5.94. The summed E-state index contributed by atoms with van der Waals surface area (Å²) in [5, 5.41) is 2.53. The van der Waals surface area contributed by atoms with Crippen LogP contribution in [0, 0.1) is 17.6 Å². The van der Waals surface area contributed by atoms with Gasteiger partial charge in [0.2, 0.25) is 5.91 Å². The fourth-order valence-electron chi connectivity index (χ4n) is 2.20. The van der Waals surface area contributed by atoms with E-state index >= 15 is 0 Å². The Morgan fingerprint density at radius 1 is 1.28 bits per heavy atom. The van der Waals surface area contributed by atoms with E-state index in [9.17, 15) is 18.4 Å². The minimum Gasteiger partial charge on any atom is -0.352 e. The molecule has 1 rings (SSSR count). The first-order valence-electron chi connectivity index (χ1n) is 8.45. The maximum Gasteiger partial charge on any atom is 0.254 e. The number of benzene rings is 1. The van der Waals surface area contributed by atoms with E-state index in [1.807, 2.05) is 13.8 Å². The Morgan fingerprint density at radius 3 is 2.56 bits per heavy atom. The second-order valence-corrected chi connectivity index (χ2v) is 6.50. The molecule has 1 atom stereocenters. The molecule has 3 N–H and O–H groups in total. The minimum atomic E-state index is -0.908. The SMILES string of the molecule is CC(C)C(N)CCN(C)C(=O)CCCNC(=O)c1ccc(F)cc1F. The maximum atomic E-state index is 13.5. The van der Waals surface area contributed by atoms with Gasteiger partial charge >= 0.3 is 0 Å². The predicted molar refractivity (Wildman–Crippen MR) is 93.0 cm³/mol. The van der Waals surface area contributed by atoms with Crippen molar-refractivity contribution in [2.45, 2.75) is 39.2 Å². The van der Waals surface area contributed by atoms with Gasteiger partial charge in [0.15, 0.2) is 0 Å². The fourth-order valence-corrected chi connectivity index (χ4v) is 2.20. The molecule has 0 fully saturated rings. The topological polar surface area (TPSA) is 75.4 Å². The van der Waals surface area contributed by atoms with Gasteiger partial charge in [0, 0.05) is 38.7 Å². The molecule has 0 spiro atoms. The summed E-state index contributed by atoms with van der Waals surface area (Å²) in [5.74, 6) is -1.93. The summed E-state index contributed by atoms with van der Waals surface area (Å²) >= 11 is 0. The van der Waals surface area contributed by atoms with Crippen molar-refractivity contribution in [2.24, 2.45) is 11.7 Å². The molecule has 0 aromatic heterocycles. The van der Waals surface area contributed by atoms with E-state index in [1.54, 1.807) is 11.9 Å². The number of halogens is 2. The van der Waals surface area contributed by atoms with E-state index in [-0.39, 0.29) is 30.5 Å². The van der Waals surface area contributed by atoms with Crippen molar-refractivity contribution in [3.05, 3.63) is 35.4 Å². The largest absolute Gasteiger partial charge is 0.352 e. The highest BCUT2D eigenvalue weighted by Crippen LogP contribution is 2.09. The van der Waals surface area contributed by atoms with Gasteiger partial charge in [-0.2, -0.15) is 0 Å². The predicted octanol–water partition coefficient (Wildman–Crippen LogP) is 2.31. The average molecular weight is 355 g/mol. The van der Waals surface area contributed by atoms with Gasteiger partial charge in [0.05, 0.1) is 5.56 Å². The van der Waals surface area contributed by atoms with Crippen LogP contribution in [0.3, 0.4) is 0 Å². The lowest BCUT2D eigenvalue weighted by Gasteiger charge is -2.21. The first-order valence-corrected chi connectivity index (χ1v) is 8.45. The summed E-state index contributed by atoms with van der Waals surface area (Å²) < 4.78 is 26.3. The fraction of sp³-hybridized carbons (Fsp3) is 0.556. The molecule has 0 aliphatic rings. The zero-order valence-corrected chi connectivity index (χ0v) is 15.0. The first kappa shape index (κ1) is 21.0. The van der Waals surface area contributed by atoms with Crippen molar-refractivity contribution < 1.29 is 18.4 Å². The second-order valence-electron chi connectivity index (χ2n) is 6.50. The molecule has 5 nitrogen and oxygen atoms in total. The van der Waals surface area contributed by atoms with E-state index in [0.717, 1.165) is 18.6 Å². The number of nitrogens with two attached hydrogens (primary N) is 1. The van der Waals surface area contributed by atoms with Crippen molar-refractivity contribution in [3.63, 3.8) is 0 Å². The molecule has 7 heteroatoms. The molecule has 1 aromatic rings. The highest BCUT2D eigenvalue weighted by Gasteiger charge is 2.14.